The number of nitrogens with zero attached hydrogens (tertiary/aromatic N) is 4. The van der Waals surface area contributed by atoms with E-state index in [1.54, 1.807) is 6.20 Å². The third-order valence-corrected chi connectivity index (χ3v) is 7.81. The highest BCUT2D eigenvalue weighted by Crippen LogP contribution is 2.41. The number of hydrogen-bond acceptors (Lipinski definition) is 5. The van der Waals surface area contributed by atoms with Crippen molar-refractivity contribution in [2.24, 2.45) is 11.8 Å². The van der Waals surface area contributed by atoms with Crippen molar-refractivity contribution in [1.29, 1.82) is 0 Å². The topological polar surface area (TPSA) is 77.3 Å². The smallest absolute Gasteiger partial charge is 0.316 e. The van der Waals surface area contributed by atoms with Crippen LogP contribution in [0.5, 0.6) is 5.75 Å². The molecule has 2 fully saturated rings. The SMILES string of the molecule is O=C1c2c(OCc3ccccc3)c(=O)nc(C(c3ccccn3)C3CCCC3)n2CCN1CC1CC1. The molecule has 6 rings (SSSR count). The van der Waals surface area contributed by atoms with Gasteiger partial charge in [-0.2, -0.15) is 4.98 Å². The first-order chi connectivity index (χ1) is 17.7. The minimum atomic E-state index is -0.465. The third kappa shape index (κ3) is 4.54. The van der Waals surface area contributed by atoms with Crippen LogP contribution in [0.4, 0.5) is 0 Å². The van der Waals surface area contributed by atoms with E-state index in [2.05, 4.69) is 9.97 Å². The number of ether oxygens (including phenoxy) is 1. The Kier molecular flexibility index (Phi) is 6.30. The Hall–Kier alpha value is -3.48. The third-order valence-electron chi connectivity index (χ3n) is 7.81. The van der Waals surface area contributed by atoms with E-state index in [0.29, 0.717) is 36.4 Å². The van der Waals surface area contributed by atoms with Crippen LogP contribution in [0.2, 0.25) is 0 Å². The summed E-state index contributed by atoms with van der Waals surface area (Å²) in [7, 11) is 0. The Labute approximate surface area is 211 Å². The van der Waals surface area contributed by atoms with Crippen LogP contribution in [0.15, 0.2) is 59.5 Å². The molecule has 1 unspecified atom stereocenters. The molecule has 3 aromatic rings. The average molecular weight is 485 g/mol. The Morgan fingerprint density at radius 1 is 0.944 bits per heavy atom. The molecule has 0 bridgehead atoms. The van der Waals surface area contributed by atoms with Gasteiger partial charge in [0.2, 0.25) is 5.75 Å². The summed E-state index contributed by atoms with van der Waals surface area (Å²) in [5.74, 6) is 1.40. The van der Waals surface area contributed by atoms with Gasteiger partial charge in [0.05, 0.1) is 11.6 Å². The summed E-state index contributed by atoms with van der Waals surface area (Å²) in [6, 6.07) is 15.6. The van der Waals surface area contributed by atoms with Gasteiger partial charge >= 0.3 is 5.56 Å². The molecular formula is C29H32N4O3. The number of hydrogen-bond donors (Lipinski definition) is 0. The van der Waals surface area contributed by atoms with Crippen LogP contribution in [0.1, 0.15) is 72.0 Å². The van der Waals surface area contributed by atoms with Crippen molar-refractivity contribution in [2.75, 3.05) is 13.1 Å². The number of pyridine rings is 1. The summed E-state index contributed by atoms with van der Waals surface area (Å²) in [5, 5.41) is 0. The molecule has 2 saturated carbocycles. The van der Waals surface area contributed by atoms with E-state index < -0.39 is 5.56 Å². The first-order valence-corrected chi connectivity index (χ1v) is 13.2. The highest BCUT2D eigenvalue weighted by molar-refractivity contribution is 5.96. The number of amides is 1. The van der Waals surface area contributed by atoms with Crippen molar-refractivity contribution in [3.63, 3.8) is 0 Å². The molecule has 2 aliphatic carbocycles. The Bertz CT molecular complexity index is 1280. The summed E-state index contributed by atoms with van der Waals surface area (Å²) in [6.45, 7) is 2.19. The molecule has 0 radical (unpaired) electrons. The summed E-state index contributed by atoms with van der Waals surface area (Å²) < 4.78 is 8.04. The van der Waals surface area contributed by atoms with Gasteiger partial charge in [0.15, 0.2) is 5.69 Å². The van der Waals surface area contributed by atoms with Crippen molar-refractivity contribution < 1.29 is 9.53 Å². The maximum Gasteiger partial charge on any atom is 0.316 e. The standard InChI is InChI=1S/C29H32N4O3/c34-28-26(36-19-21-8-2-1-3-9-21)25-29(35)32(18-20-13-14-20)16-17-33(25)27(31-28)24(22-10-4-5-11-22)23-12-6-7-15-30-23/h1-3,6-9,12,15,20,22,24H,4-5,10-11,13-14,16-19H2. The number of rotatable bonds is 8. The minimum Gasteiger partial charge on any atom is -0.481 e. The molecule has 3 heterocycles. The van der Waals surface area contributed by atoms with Crippen molar-refractivity contribution in [2.45, 2.75) is 57.6 Å². The van der Waals surface area contributed by atoms with Gasteiger partial charge in [0.25, 0.3) is 5.91 Å². The second-order valence-corrected chi connectivity index (χ2v) is 10.4. The zero-order valence-corrected chi connectivity index (χ0v) is 20.5. The lowest BCUT2D eigenvalue weighted by Crippen LogP contribution is -2.45. The summed E-state index contributed by atoms with van der Waals surface area (Å²) in [4.78, 5) is 38.6. The van der Waals surface area contributed by atoms with Gasteiger partial charge < -0.3 is 14.2 Å². The molecule has 36 heavy (non-hydrogen) atoms. The predicted molar refractivity (Wildman–Crippen MR) is 136 cm³/mol. The average Bonchev–Trinajstić information content (AvgIpc) is 3.57. The van der Waals surface area contributed by atoms with Gasteiger partial charge in [-0.25, -0.2) is 0 Å². The number of carbonyl (C=O) groups is 1. The van der Waals surface area contributed by atoms with Crippen LogP contribution in [0.3, 0.4) is 0 Å². The molecule has 1 aromatic carbocycles. The zero-order chi connectivity index (χ0) is 24.5. The highest BCUT2D eigenvalue weighted by Gasteiger charge is 2.39. The largest absolute Gasteiger partial charge is 0.481 e. The van der Waals surface area contributed by atoms with Crippen molar-refractivity contribution in [1.82, 2.24) is 19.4 Å². The van der Waals surface area contributed by atoms with Crippen LogP contribution >= 0.6 is 0 Å². The predicted octanol–water partition coefficient (Wildman–Crippen LogP) is 4.41. The van der Waals surface area contributed by atoms with E-state index in [9.17, 15) is 9.59 Å². The number of aromatic nitrogens is 3. The van der Waals surface area contributed by atoms with Gasteiger partial charge in [-0.15, -0.1) is 0 Å². The lowest BCUT2D eigenvalue weighted by molar-refractivity contribution is 0.0680. The van der Waals surface area contributed by atoms with Crippen LogP contribution in [-0.2, 0) is 13.2 Å². The molecule has 0 N–H and O–H groups in total. The van der Waals surface area contributed by atoms with Crippen LogP contribution in [0.25, 0.3) is 0 Å². The van der Waals surface area contributed by atoms with Crippen molar-refractivity contribution >= 4 is 5.91 Å². The van der Waals surface area contributed by atoms with E-state index in [1.807, 2.05) is 58.0 Å². The molecule has 1 aliphatic heterocycles. The lowest BCUT2D eigenvalue weighted by Gasteiger charge is -2.34. The van der Waals surface area contributed by atoms with Gasteiger partial charge in [-0.1, -0.05) is 49.2 Å². The van der Waals surface area contributed by atoms with Crippen molar-refractivity contribution in [3.8, 4) is 5.75 Å². The van der Waals surface area contributed by atoms with E-state index in [4.69, 9.17) is 4.74 Å². The molecule has 186 valence electrons. The van der Waals surface area contributed by atoms with Crippen LogP contribution in [0, 0.1) is 11.8 Å². The molecular weight excluding hydrogens is 452 g/mol. The van der Waals surface area contributed by atoms with E-state index in [-0.39, 0.29) is 24.2 Å². The zero-order valence-electron chi connectivity index (χ0n) is 20.5. The van der Waals surface area contributed by atoms with E-state index >= 15 is 0 Å². The first kappa shape index (κ1) is 23.0. The van der Waals surface area contributed by atoms with E-state index in [0.717, 1.165) is 43.5 Å². The van der Waals surface area contributed by atoms with Crippen LogP contribution < -0.4 is 10.3 Å². The van der Waals surface area contributed by atoms with Crippen LogP contribution in [-0.4, -0.2) is 38.4 Å². The Balaban J connectivity index is 1.45. The quantitative estimate of drug-likeness (QED) is 0.474. The normalized spacial score (nSPS) is 18.8. The minimum absolute atomic E-state index is 0.0688. The second kappa shape index (κ2) is 9.88. The van der Waals surface area contributed by atoms with Gasteiger partial charge in [-0.05, 0) is 55.2 Å². The summed E-state index contributed by atoms with van der Waals surface area (Å²) in [5.41, 5.74) is 1.74. The number of fused-ring (bicyclic) bond motifs is 1. The molecule has 2 aromatic heterocycles. The number of carbonyl (C=O) groups excluding carboxylic acids is 1. The molecule has 0 saturated heterocycles. The van der Waals surface area contributed by atoms with Gasteiger partial charge in [0, 0.05) is 25.8 Å². The first-order valence-electron chi connectivity index (χ1n) is 13.2. The molecule has 7 heteroatoms. The maximum atomic E-state index is 13.8. The Morgan fingerprint density at radius 3 is 2.44 bits per heavy atom. The monoisotopic (exact) mass is 484 g/mol. The van der Waals surface area contributed by atoms with E-state index in [1.165, 1.54) is 12.8 Å². The van der Waals surface area contributed by atoms with Gasteiger partial charge in [-0.3, -0.25) is 14.6 Å². The Morgan fingerprint density at radius 2 is 1.72 bits per heavy atom. The fraction of sp³-hybridized carbons (Fsp3) is 0.448. The highest BCUT2D eigenvalue weighted by atomic mass is 16.5. The summed E-state index contributed by atoms with van der Waals surface area (Å²) >= 11 is 0. The molecule has 0 spiro atoms. The molecule has 3 aliphatic rings. The molecule has 7 nitrogen and oxygen atoms in total. The van der Waals surface area contributed by atoms with Gasteiger partial charge in [0.1, 0.15) is 12.4 Å². The second-order valence-electron chi connectivity index (χ2n) is 10.4. The molecule has 1 atom stereocenters. The number of benzene rings is 1. The fourth-order valence-electron chi connectivity index (χ4n) is 5.78. The fourth-order valence-corrected chi connectivity index (χ4v) is 5.78. The maximum absolute atomic E-state index is 13.8. The molecule has 1 amide bonds. The lowest BCUT2D eigenvalue weighted by atomic mass is 9.86. The summed E-state index contributed by atoms with van der Waals surface area (Å²) in [6.07, 6.45) is 8.60. The van der Waals surface area contributed by atoms with Crippen molar-refractivity contribution in [3.05, 3.63) is 87.9 Å².